The van der Waals surface area contributed by atoms with Crippen LogP contribution in [0.1, 0.15) is 5.56 Å². The van der Waals surface area contributed by atoms with Crippen LogP contribution in [-0.2, 0) is 0 Å². The van der Waals surface area contributed by atoms with E-state index in [4.69, 9.17) is 16.3 Å². The van der Waals surface area contributed by atoms with E-state index in [1.807, 2.05) is 35.3 Å². The van der Waals surface area contributed by atoms with Gasteiger partial charge in [-0.05, 0) is 36.4 Å². The third kappa shape index (κ3) is 2.07. The van der Waals surface area contributed by atoms with Crippen molar-refractivity contribution in [3.63, 3.8) is 0 Å². The summed E-state index contributed by atoms with van der Waals surface area (Å²) in [5.74, 6) is 0.138. The number of hydrazone groups is 1. The number of nitrogens with zero attached hydrogens (tertiary/aromatic N) is 2. The number of hydrogen-bond acceptors (Lipinski definition) is 3. The maximum atomic E-state index is 13.8. The number of ether oxygens (including phenoxy) is 1. The van der Waals surface area contributed by atoms with E-state index in [1.165, 1.54) is 6.07 Å². The molecule has 2 heterocycles. The number of hydrogen-bond donors (Lipinski definition) is 0. The summed E-state index contributed by atoms with van der Waals surface area (Å²) in [6.45, 7) is 1.18. The van der Waals surface area contributed by atoms with Crippen LogP contribution in [0.3, 0.4) is 0 Å². The zero-order valence-electron chi connectivity index (χ0n) is 11.1. The van der Waals surface area contributed by atoms with Gasteiger partial charge in [0.25, 0.3) is 0 Å². The molecule has 0 saturated heterocycles. The lowest BCUT2D eigenvalue weighted by molar-refractivity contribution is 0.267. The highest BCUT2D eigenvalue weighted by Crippen LogP contribution is 2.35. The predicted molar refractivity (Wildman–Crippen MR) is 80.7 cm³/mol. The van der Waals surface area contributed by atoms with Crippen molar-refractivity contribution in [1.29, 1.82) is 0 Å². The SMILES string of the molecule is Fc1cccc2c1OCC1CN(c3ccc(Cl)cc3)N=C21. The van der Waals surface area contributed by atoms with Crippen molar-refractivity contribution < 1.29 is 9.13 Å². The second-order valence-electron chi connectivity index (χ2n) is 5.17. The highest BCUT2D eigenvalue weighted by molar-refractivity contribution is 6.30. The summed E-state index contributed by atoms with van der Waals surface area (Å²) >= 11 is 5.91. The number of benzene rings is 2. The molecule has 0 spiro atoms. The van der Waals surface area contributed by atoms with Crippen LogP contribution >= 0.6 is 11.6 Å². The third-order valence-corrected chi connectivity index (χ3v) is 4.06. The smallest absolute Gasteiger partial charge is 0.165 e. The van der Waals surface area contributed by atoms with Crippen LogP contribution in [0.2, 0.25) is 5.02 Å². The fourth-order valence-electron chi connectivity index (χ4n) is 2.77. The van der Waals surface area contributed by atoms with Crippen LogP contribution in [0.25, 0.3) is 0 Å². The fraction of sp³-hybridized carbons (Fsp3) is 0.188. The summed E-state index contributed by atoms with van der Waals surface area (Å²) in [6, 6.07) is 12.5. The first kappa shape index (κ1) is 12.7. The molecule has 2 aliphatic rings. The lowest BCUT2D eigenvalue weighted by atomic mass is 9.95. The summed E-state index contributed by atoms with van der Waals surface area (Å²) < 4.78 is 19.4. The Kier molecular flexibility index (Phi) is 2.86. The highest BCUT2D eigenvalue weighted by Gasteiger charge is 2.35. The quantitative estimate of drug-likeness (QED) is 0.802. The van der Waals surface area contributed by atoms with Crippen LogP contribution in [-0.4, -0.2) is 18.9 Å². The summed E-state index contributed by atoms with van der Waals surface area (Å²) in [4.78, 5) is 0. The molecule has 0 radical (unpaired) electrons. The Hall–Kier alpha value is -2.07. The van der Waals surface area contributed by atoms with Crippen LogP contribution in [0.4, 0.5) is 10.1 Å². The third-order valence-electron chi connectivity index (χ3n) is 3.80. The van der Waals surface area contributed by atoms with Gasteiger partial charge in [0.1, 0.15) is 0 Å². The maximum Gasteiger partial charge on any atom is 0.165 e. The van der Waals surface area contributed by atoms with E-state index < -0.39 is 0 Å². The fourth-order valence-corrected chi connectivity index (χ4v) is 2.90. The molecule has 21 heavy (non-hydrogen) atoms. The molecule has 0 amide bonds. The normalized spacial score (nSPS) is 19.6. The minimum absolute atomic E-state index is 0.162. The van der Waals surface area contributed by atoms with Crippen molar-refractivity contribution >= 4 is 23.0 Å². The number of anilines is 1. The Balaban J connectivity index is 1.74. The molecular weight excluding hydrogens is 291 g/mol. The van der Waals surface area contributed by atoms with E-state index >= 15 is 0 Å². The predicted octanol–water partition coefficient (Wildman–Crippen LogP) is 3.71. The summed E-state index contributed by atoms with van der Waals surface area (Å²) in [5, 5.41) is 7.26. The number of fused-ring (bicyclic) bond motifs is 3. The Morgan fingerprint density at radius 2 is 2.00 bits per heavy atom. The molecule has 3 nitrogen and oxygen atoms in total. The molecule has 2 aromatic rings. The van der Waals surface area contributed by atoms with E-state index in [0.717, 1.165) is 23.5 Å². The first-order valence-corrected chi connectivity index (χ1v) is 7.13. The average Bonchev–Trinajstić information content (AvgIpc) is 2.93. The molecule has 5 heteroatoms. The Labute approximate surface area is 126 Å². The molecule has 0 bridgehead atoms. The molecule has 4 rings (SSSR count). The molecule has 0 fully saturated rings. The minimum atomic E-state index is -0.335. The van der Waals surface area contributed by atoms with Gasteiger partial charge in [-0.3, -0.25) is 5.01 Å². The lowest BCUT2D eigenvalue weighted by Crippen LogP contribution is -2.30. The first-order valence-electron chi connectivity index (χ1n) is 6.75. The first-order chi connectivity index (χ1) is 10.2. The van der Waals surface area contributed by atoms with Gasteiger partial charge in [-0.2, -0.15) is 5.10 Å². The molecule has 0 saturated carbocycles. The van der Waals surface area contributed by atoms with Gasteiger partial charge >= 0.3 is 0 Å². The zero-order valence-corrected chi connectivity index (χ0v) is 11.8. The molecular formula is C16H12ClFN2O. The van der Waals surface area contributed by atoms with Gasteiger partial charge in [0.15, 0.2) is 11.6 Å². The Morgan fingerprint density at radius 3 is 2.81 bits per heavy atom. The van der Waals surface area contributed by atoms with Gasteiger partial charge in [0.2, 0.25) is 0 Å². The van der Waals surface area contributed by atoms with Gasteiger partial charge < -0.3 is 4.74 Å². The highest BCUT2D eigenvalue weighted by atomic mass is 35.5. The van der Waals surface area contributed by atoms with Crippen LogP contribution in [0, 0.1) is 11.7 Å². The van der Waals surface area contributed by atoms with E-state index in [9.17, 15) is 4.39 Å². The number of halogens is 2. The summed E-state index contributed by atoms with van der Waals surface area (Å²) in [7, 11) is 0. The standard InChI is InChI=1S/C16H12ClFN2O/c17-11-4-6-12(7-5-11)20-8-10-9-21-16-13(15(10)19-20)2-1-3-14(16)18/h1-7,10H,8-9H2. The number of para-hydroxylation sites is 1. The molecule has 0 N–H and O–H groups in total. The molecule has 106 valence electrons. The number of rotatable bonds is 1. The largest absolute Gasteiger partial charge is 0.489 e. The van der Waals surface area contributed by atoms with Gasteiger partial charge in [-0.15, -0.1) is 0 Å². The van der Waals surface area contributed by atoms with Crippen molar-refractivity contribution in [3.05, 3.63) is 58.9 Å². The monoisotopic (exact) mass is 302 g/mol. The molecule has 1 atom stereocenters. The molecule has 2 aromatic carbocycles. The zero-order chi connectivity index (χ0) is 14.4. The summed E-state index contributed by atoms with van der Waals surface area (Å²) in [5.41, 5.74) is 2.62. The van der Waals surface area contributed by atoms with E-state index in [-0.39, 0.29) is 11.7 Å². The Bertz CT molecular complexity index is 730. The van der Waals surface area contributed by atoms with E-state index in [2.05, 4.69) is 5.10 Å². The van der Waals surface area contributed by atoms with Gasteiger partial charge in [0.05, 0.1) is 30.5 Å². The van der Waals surface area contributed by atoms with Gasteiger partial charge in [-0.1, -0.05) is 17.7 Å². The molecule has 0 aliphatic carbocycles. The molecule has 1 unspecified atom stereocenters. The Morgan fingerprint density at radius 1 is 1.19 bits per heavy atom. The minimum Gasteiger partial charge on any atom is -0.489 e. The molecule has 2 aliphatic heterocycles. The van der Waals surface area contributed by atoms with E-state index in [1.54, 1.807) is 6.07 Å². The van der Waals surface area contributed by atoms with Crippen molar-refractivity contribution in [2.75, 3.05) is 18.2 Å². The maximum absolute atomic E-state index is 13.8. The molecule has 0 aromatic heterocycles. The summed E-state index contributed by atoms with van der Waals surface area (Å²) in [6.07, 6.45) is 0. The van der Waals surface area contributed by atoms with Crippen molar-refractivity contribution in [1.82, 2.24) is 0 Å². The topological polar surface area (TPSA) is 24.8 Å². The average molecular weight is 303 g/mol. The van der Waals surface area contributed by atoms with Crippen LogP contribution < -0.4 is 9.75 Å². The van der Waals surface area contributed by atoms with Gasteiger partial charge in [0, 0.05) is 10.6 Å². The van der Waals surface area contributed by atoms with E-state index in [0.29, 0.717) is 17.4 Å². The van der Waals surface area contributed by atoms with Gasteiger partial charge in [-0.25, -0.2) is 4.39 Å². The second kappa shape index (κ2) is 4.74. The van der Waals surface area contributed by atoms with Crippen molar-refractivity contribution in [3.8, 4) is 5.75 Å². The van der Waals surface area contributed by atoms with Crippen LogP contribution in [0.15, 0.2) is 47.6 Å². The van der Waals surface area contributed by atoms with Crippen LogP contribution in [0.5, 0.6) is 5.75 Å². The lowest BCUT2D eigenvalue weighted by Gasteiger charge is -2.22. The van der Waals surface area contributed by atoms with Crippen molar-refractivity contribution in [2.24, 2.45) is 11.0 Å². The second-order valence-corrected chi connectivity index (χ2v) is 5.60. The van der Waals surface area contributed by atoms with Crippen molar-refractivity contribution in [2.45, 2.75) is 0 Å².